The number of aryl methyl sites for hydroxylation is 1. The van der Waals surface area contributed by atoms with Crippen LogP contribution in [0.2, 0.25) is 0 Å². The van der Waals surface area contributed by atoms with Gasteiger partial charge in [-0.2, -0.15) is 5.10 Å². The third-order valence-corrected chi connectivity index (χ3v) is 2.20. The van der Waals surface area contributed by atoms with Crippen molar-refractivity contribution in [1.82, 2.24) is 14.8 Å². The van der Waals surface area contributed by atoms with Gasteiger partial charge in [0.2, 0.25) is 0 Å². The third-order valence-electron chi connectivity index (χ3n) is 2.20. The van der Waals surface area contributed by atoms with Gasteiger partial charge in [-0.3, -0.25) is 0 Å². The van der Waals surface area contributed by atoms with Gasteiger partial charge in [-0.15, -0.1) is 0 Å². The summed E-state index contributed by atoms with van der Waals surface area (Å²) in [4.78, 5) is 4.00. The lowest BCUT2D eigenvalue weighted by molar-refractivity contribution is 0.0173. The van der Waals surface area contributed by atoms with Crippen LogP contribution in [-0.4, -0.2) is 14.8 Å². The molecule has 98 valence electrons. The molecule has 0 amide bonds. The topological polar surface area (TPSA) is 30.7 Å². The third kappa shape index (κ3) is 3.35. The van der Waals surface area contributed by atoms with Gasteiger partial charge in [0.15, 0.2) is 5.82 Å². The first-order chi connectivity index (χ1) is 8.47. The van der Waals surface area contributed by atoms with Crippen molar-refractivity contribution in [2.24, 2.45) is 0 Å². The van der Waals surface area contributed by atoms with Gasteiger partial charge in [0.1, 0.15) is 0 Å². The van der Waals surface area contributed by atoms with Crippen LogP contribution in [0.5, 0.6) is 0 Å². The summed E-state index contributed by atoms with van der Waals surface area (Å²) in [6.45, 7) is 6.74. The molecule has 0 N–H and O–H groups in total. The average molecular weight is 253 g/mol. The molecule has 3 nitrogen and oxygen atoms in total. The van der Waals surface area contributed by atoms with E-state index in [4.69, 9.17) is 0 Å². The second-order valence-electron chi connectivity index (χ2n) is 3.75. The van der Waals surface area contributed by atoms with E-state index in [0.717, 1.165) is 12.5 Å². The monoisotopic (exact) mass is 253 g/mol. The van der Waals surface area contributed by atoms with Crippen molar-refractivity contribution >= 4 is 0 Å². The van der Waals surface area contributed by atoms with E-state index in [-0.39, 0.29) is 5.56 Å². The lowest BCUT2D eigenvalue weighted by Crippen LogP contribution is -2.09. The molecule has 0 aliphatic carbocycles. The van der Waals surface area contributed by atoms with Crippen LogP contribution in [0.15, 0.2) is 30.7 Å². The van der Waals surface area contributed by atoms with E-state index in [2.05, 4.69) is 10.1 Å². The molecule has 2 aromatic heterocycles. The fourth-order valence-corrected chi connectivity index (χ4v) is 1.35. The molecule has 18 heavy (non-hydrogen) atoms. The molecule has 2 heterocycles. The number of rotatable bonds is 2. The van der Waals surface area contributed by atoms with E-state index in [1.54, 1.807) is 12.4 Å². The second kappa shape index (κ2) is 5.71. The van der Waals surface area contributed by atoms with E-state index in [1.807, 2.05) is 20.8 Å². The maximum atomic E-state index is 13.1. The zero-order valence-corrected chi connectivity index (χ0v) is 11.0. The molecular weight excluding hydrogens is 236 g/mol. The molecule has 0 radical (unpaired) electrons. The predicted octanol–water partition coefficient (Wildman–Crippen LogP) is 3.71. The molecule has 5 heteroatoms. The summed E-state index contributed by atoms with van der Waals surface area (Å²) in [5, 5.41) is 4.02. The van der Waals surface area contributed by atoms with E-state index in [9.17, 15) is 8.78 Å². The van der Waals surface area contributed by atoms with Crippen molar-refractivity contribution in [3.63, 3.8) is 0 Å². The molecule has 2 aromatic rings. The Bertz CT molecular complexity index is 501. The fourth-order valence-electron chi connectivity index (χ4n) is 1.35. The highest BCUT2D eigenvalue weighted by molar-refractivity contribution is 5.30. The molecule has 0 bridgehead atoms. The zero-order valence-electron chi connectivity index (χ0n) is 11.0. The molecular formula is C13H17F2N3. The van der Waals surface area contributed by atoms with Gasteiger partial charge in [0.05, 0.1) is 6.20 Å². The van der Waals surface area contributed by atoms with Crippen LogP contribution in [0, 0.1) is 6.92 Å². The van der Waals surface area contributed by atoms with Gasteiger partial charge < -0.3 is 0 Å². The van der Waals surface area contributed by atoms with Crippen LogP contribution < -0.4 is 0 Å². The summed E-state index contributed by atoms with van der Waals surface area (Å²) < 4.78 is 27.7. The Kier molecular flexibility index (Phi) is 4.53. The summed E-state index contributed by atoms with van der Waals surface area (Å²) in [6.07, 6.45) is 4.75. The lowest BCUT2D eigenvalue weighted by atomic mass is 10.1. The van der Waals surface area contributed by atoms with Crippen molar-refractivity contribution in [3.05, 3.63) is 41.9 Å². The van der Waals surface area contributed by atoms with Crippen LogP contribution in [0.1, 0.15) is 31.9 Å². The van der Waals surface area contributed by atoms with Crippen LogP contribution in [0.3, 0.4) is 0 Å². The van der Waals surface area contributed by atoms with Crippen LogP contribution in [-0.2, 0) is 5.92 Å². The van der Waals surface area contributed by atoms with Gasteiger partial charge in [-0.1, -0.05) is 13.8 Å². The Morgan fingerprint density at radius 2 is 1.94 bits per heavy atom. The van der Waals surface area contributed by atoms with E-state index in [1.165, 1.54) is 23.0 Å². The van der Waals surface area contributed by atoms with E-state index < -0.39 is 5.92 Å². The summed E-state index contributed by atoms with van der Waals surface area (Å²) in [7, 11) is 0. The number of halogens is 2. The van der Waals surface area contributed by atoms with Crippen LogP contribution in [0.25, 0.3) is 5.82 Å². The molecule has 0 saturated heterocycles. The molecule has 0 unspecified atom stereocenters. The summed E-state index contributed by atoms with van der Waals surface area (Å²) in [5.41, 5.74) is 0.890. The van der Waals surface area contributed by atoms with Gasteiger partial charge in [-0.05, 0) is 24.6 Å². The van der Waals surface area contributed by atoms with Gasteiger partial charge >= 0.3 is 0 Å². The maximum Gasteiger partial charge on any atom is 0.270 e. The highest BCUT2D eigenvalue weighted by Gasteiger charge is 2.24. The van der Waals surface area contributed by atoms with E-state index >= 15 is 0 Å². The largest absolute Gasteiger partial charge is 0.270 e. The highest BCUT2D eigenvalue weighted by atomic mass is 19.3. The number of nitrogens with zero attached hydrogens (tertiary/aromatic N) is 3. The zero-order chi connectivity index (χ0) is 13.8. The Balaban J connectivity index is 0.000000771. The van der Waals surface area contributed by atoms with Crippen molar-refractivity contribution in [2.45, 2.75) is 33.6 Å². The quantitative estimate of drug-likeness (QED) is 0.816. The SMILES string of the molecule is CC.Cc1cnn(-c2cc(C(C)(F)F)ccn2)c1. The smallest absolute Gasteiger partial charge is 0.237 e. The molecule has 0 fully saturated rings. The number of alkyl halides is 2. The molecule has 0 atom stereocenters. The normalized spacial score (nSPS) is 10.8. The average Bonchev–Trinajstić information content (AvgIpc) is 2.78. The highest BCUT2D eigenvalue weighted by Crippen LogP contribution is 2.27. The lowest BCUT2D eigenvalue weighted by Gasteiger charge is -2.11. The first-order valence-corrected chi connectivity index (χ1v) is 5.83. The number of aromatic nitrogens is 3. The van der Waals surface area contributed by atoms with Gasteiger partial charge in [0, 0.05) is 24.9 Å². The van der Waals surface area contributed by atoms with E-state index in [0.29, 0.717) is 5.82 Å². The molecule has 0 spiro atoms. The van der Waals surface area contributed by atoms with Crippen molar-refractivity contribution in [2.75, 3.05) is 0 Å². The molecule has 0 aliphatic rings. The standard InChI is InChI=1S/C11H11F2N3.C2H6/c1-8-6-15-16(7-8)10-5-9(3-4-14-10)11(2,12)13;1-2/h3-7H,1-2H3;1-2H3. The Morgan fingerprint density at radius 3 is 2.44 bits per heavy atom. The summed E-state index contributed by atoms with van der Waals surface area (Å²) in [6, 6.07) is 2.65. The molecule has 0 saturated carbocycles. The van der Waals surface area contributed by atoms with Gasteiger partial charge in [0.25, 0.3) is 5.92 Å². The Morgan fingerprint density at radius 1 is 1.28 bits per heavy atom. The van der Waals surface area contributed by atoms with Crippen molar-refractivity contribution < 1.29 is 8.78 Å². The van der Waals surface area contributed by atoms with Gasteiger partial charge in [-0.25, -0.2) is 18.4 Å². The van der Waals surface area contributed by atoms with Crippen LogP contribution >= 0.6 is 0 Å². The fraction of sp³-hybridized carbons (Fsp3) is 0.385. The minimum absolute atomic E-state index is 0.0642. The minimum atomic E-state index is -2.86. The summed E-state index contributed by atoms with van der Waals surface area (Å²) >= 11 is 0. The number of hydrogen-bond donors (Lipinski definition) is 0. The van der Waals surface area contributed by atoms with Crippen LogP contribution in [0.4, 0.5) is 8.78 Å². The number of pyridine rings is 1. The Labute approximate surface area is 105 Å². The first-order valence-electron chi connectivity index (χ1n) is 5.83. The van der Waals surface area contributed by atoms with Crippen molar-refractivity contribution in [3.8, 4) is 5.82 Å². The minimum Gasteiger partial charge on any atom is -0.237 e. The Hall–Kier alpha value is -1.78. The molecule has 0 aliphatic heterocycles. The first kappa shape index (κ1) is 14.3. The molecule has 0 aromatic carbocycles. The maximum absolute atomic E-state index is 13.1. The molecule has 2 rings (SSSR count). The predicted molar refractivity (Wildman–Crippen MR) is 67.0 cm³/mol. The summed E-state index contributed by atoms with van der Waals surface area (Å²) in [5.74, 6) is -2.47. The van der Waals surface area contributed by atoms with Crippen molar-refractivity contribution in [1.29, 1.82) is 0 Å². The number of hydrogen-bond acceptors (Lipinski definition) is 2. The second-order valence-corrected chi connectivity index (χ2v) is 3.75.